The van der Waals surface area contributed by atoms with Gasteiger partial charge in [-0.15, -0.1) is 11.3 Å². The number of rotatable bonds is 9. The van der Waals surface area contributed by atoms with Gasteiger partial charge in [0.05, 0.1) is 0 Å². The molecule has 4 heteroatoms. The first-order chi connectivity index (χ1) is 8.18. The highest BCUT2D eigenvalue weighted by atomic mass is 32.1. The quantitative estimate of drug-likeness (QED) is 0.667. The van der Waals surface area contributed by atoms with Crippen LogP contribution in [0.5, 0.6) is 0 Å². The van der Waals surface area contributed by atoms with E-state index in [-0.39, 0.29) is 6.42 Å². The second-order valence-corrected chi connectivity index (χ2v) is 5.44. The zero-order valence-electron chi connectivity index (χ0n) is 10.3. The fourth-order valence-electron chi connectivity index (χ4n) is 1.65. The third-order valence-corrected chi connectivity index (χ3v) is 3.73. The van der Waals surface area contributed by atoms with Crippen molar-refractivity contribution in [3.63, 3.8) is 0 Å². The van der Waals surface area contributed by atoms with Crippen molar-refractivity contribution in [1.82, 2.24) is 5.32 Å². The molecule has 96 valence electrons. The molecule has 17 heavy (non-hydrogen) atoms. The van der Waals surface area contributed by atoms with E-state index in [9.17, 15) is 4.79 Å². The van der Waals surface area contributed by atoms with Crippen LogP contribution in [0.3, 0.4) is 0 Å². The van der Waals surface area contributed by atoms with Gasteiger partial charge >= 0.3 is 5.97 Å². The molecule has 0 fully saturated rings. The molecule has 1 unspecified atom stereocenters. The Kier molecular flexibility index (Phi) is 6.89. The standard InChI is InChI=1S/C13H21NO2S/c1-11(4-5-13(15)16)6-8-14-9-7-12-3-2-10-17-12/h2-3,10-11,14H,4-9H2,1H3,(H,15,16). The predicted molar refractivity (Wildman–Crippen MR) is 71.5 cm³/mol. The molecule has 3 nitrogen and oxygen atoms in total. The van der Waals surface area contributed by atoms with E-state index in [0.717, 1.165) is 32.4 Å². The van der Waals surface area contributed by atoms with Crippen LogP contribution in [0.4, 0.5) is 0 Å². The maximum Gasteiger partial charge on any atom is 0.303 e. The van der Waals surface area contributed by atoms with Gasteiger partial charge in [0.2, 0.25) is 0 Å². The molecule has 1 atom stereocenters. The van der Waals surface area contributed by atoms with E-state index in [4.69, 9.17) is 5.11 Å². The summed E-state index contributed by atoms with van der Waals surface area (Å²) in [4.78, 5) is 11.8. The van der Waals surface area contributed by atoms with E-state index in [1.54, 1.807) is 11.3 Å². The van der Waals surface area contributed by atoms with E-state index in [1.165, 1.54) is 4.88 Å². The minimum atomic E-state index is -0.692. The number of hydrogen-bond donors (Lipinski definition) is 2. The average molecular weight is 255 g/mol. The van der Waals surface area contributed by atoms with E-state index in [2.05, 4.69) is 29.8 Å². The summed E-state index contributed by atoms with van der Waals surface area (Å²) in [6, 6.07) is 4.23. The number of carbonyl (C=O) groups is 1. The SMILES string of the molecule is CC(CCNCCc1cccs1)CCC(=O)O. The molecule has 0 radical (unpaired) electrons. The van der Waals surface area contributed by atoms with Crippen molar-refractivity contribution >= 4 is 17.3 Å². The molecule has 1 rings (SSSR count). The van der Waals surface area contributed by atoms with Crippen molar-refractivity contribution < 1.29 is 9.90 Å². The minimum absolute atomic E-state index is 0.288. The molecule has 0 aromatic carbocycles. The van der Waals surface area contributed by atoms with Crippen LogP contribution in [-0.2, 0) is 11.2 Å². The van der Waals surface area contributed by atoms with E-state index >= 15 is 0 Å². The molecule has 0 bridgehead atoms. The molecule has 1 aromatic rings. The van der Waals surface area contributed by atoms with Gasteiger partial charge < -0.3 is 10.4 Å². The summed E-state index contributed by atoms with van der Waals surface area (Å²) in [6.07, 6.45) is 3.21. The Morgan fingerprint density at radius 1 is 1.47 bits per heavy atom. The van der Waals surface area contributed by atoms with Gasteiger partial charge in [0.15, 0.2) is 0 Å². The molecule has 0 aliphatic heterocycles. The Hall–Kier alpha value is -0.870. The summed E-state index contributed by atoms with van der Waals surface area (Å²) in [5.41, 5.74) is 0. The highest BCUT2D eigenvalue weighted by molar-refractivity contribution is 7.09. The summed E-state index contributed by atoms with van der Waals surface area (Å²) in [5, 5.41) is 14.1. The van der Waals surface area contributed by atoms with Gasteiger partial charge in [-0.25, -0.2) is 0 Å². The lowest BCUT2D eigenvalue weighted by Crippen LogP contribution is -2.20. The first-order valence-corrected chi connectivity index (χ1v) is 7.01. The largest absolute Gasteiger partial charge is 0.481 e. The lowest BCUT2D eigenvalue weighted by molar-refractivity contribution is -0.137. The Morgan fingerprint density at radius 3 is 2.94 bits per heavy atom. The molecule has 2 N–H and O–H groups in total. The number of hydrogen-bond acceptors (Lipinski definition) is 3. The van der Waals surface area contributed by atoms with Gasteiger partial charge in [-0.2, -0.15) is 0 Å². The maximum absolute atomic E-state index is 10.4. The molecule has 1 heterocycles. The van der Waals surface area contributed by atoms with Crippen molar-refractivity contribution in [3.05, 3.63) is 22.4 Å². The molecule has 0 saturated carbocycles. The van der Waals surface area contributed by atoms with Gasteiger partial charge in [-0.3, -0.25) is 4.79 Å². The van der Waals surface area contributed by atoms with Crippen LogP contribution in [-0.4, -0.2) is 24.2 Å². The lowest BCUT2D eigenvalue weighted by atomic mass is 10.0. The molecule has 0 aliphatic carbocycles. The van der Waals surface area contributed by atoms with Crippen LogP contribution in [0.15, 0.2) is 17.5 Å². The number of carboxylic acid groups (broad SMARTS) is 1. The zero-order valence-corrected chi connectivity index (χ0v) is 11.1. The van der Waals surface area contributed by atoms with Crippen LogP contribution in [0.2, 0.25) is 0 Å². The molecule has 0 aliphatic rings. The monoisotopic (exact) mass is 255 g/mol. The average Bonchev–Trinajstić information content (AvgIpc) is 2.79. The summed E-state index contributed by atoms with van der Waals surface area (Å²) in [5.74, 6) is -0.206. The first kappa shape index (κ1) is 14.2. The van der Waals surface area contributed by atoms with Crippen molar-refractivity contribution in [1.29, 1.82) is 0 Å². The van der Waals surface area contributed by atoms with E-state index in [0.29, 0.717) is 5.92 Å². The smallest absolute Gasteiger partial charge is 0.303 e. The zero-order chi connectivity index (χ0) is 12.5. The highest BCUT2D eigenvalue weighted by Crippen LogP contribution is 2.10. The van der Waals surface area contributed by atoms with Gasteiger partial charge in [-0.05, 0) is 49.7 Å². The molecule has 0 spiro atoms. The Balaban J connectivity index is 1.94. The van der Waals surface area contributed by atoms with Gasteiger partial charge in [0.1, 0.15) is 0 Å². The van der Waals surface area contributed by atoms with Crippen molar-refractivity contribution in [3.8, 4) is 0 Å². The first-order valence-electron chi connectivity index (χ1n) is 6.13. The maximum atomic E-state index is 10.4. The molecule has 0 amide bonds. The van der Waals surface area contributed by atoms with Crippen molar-refractivity contribution in [2.24, 2.45) is 5.92 Å². The van der Waals surface area contributed by atoms with Gasteiger partial charge in [0, 0.05) is 11.3 Å². The minimum Gasteiger partial charge on any atom is -0.481 e. The number of aliphatic carboxylic acids is 1. The molecule has 1 aromatic heterocycles. The lowest BCUT2D eigenvalue weighted by Gasteiger charge is -2.10. The van der Waals surface area contributed by atoms with Crippen LogP contribution in [0, 0.1) is 5.92 Å². The van der Waals surface area contributed by atoms with Crippen LogP contribution in [0.25, 0.3) is 0 Å². The Morgan fingerprint density at radius 2 is 2.29 bits per heavy atom. The van der Waals surface area contributed by atoms with Gasteiger partial charge in [-0.1, -0.05) is 13.0 Å². The van der Waals surface area contributed by atoms with Crippen LogP contribution in [0.1, 0.15) is 31.1 Å². The Bertz CT molecular complexity index is 311. The van der Waals surface area contributed by atoms with Crippen LogP contribution >= 0.6 is 11.3 Å². The summed E-state index contributed by atoms with van der Waals surface area (Å²) < 4.78 is 0. The molecule has 0 saturated heterocycles. The second kappa shape index (κ2) is 8.25. The normalized spacial score (nSPS) is 12.5. The van der Waals surface area contributed by atoms with E-state index < -0.39 is 5.97 Å². The number of nitrogens with one attached hydrogen (secondary N) is 1. The predicted octanol–water partition coefficient (Wildman–Crippen LogP) is 2.77. The topological polar surface area (TPSA) is 49.3 Å². The highest BCUT2D eigenvalue weighted by Gasteiger charge is 2.04. The Labute approximate surface area is 107 Å². The summed E-state index contributed by atoms with van der Waals surface area (Å²) >= 11 is 1.79. The van der Waals surface area contributed by atoms with E-state index in [1.807, 2.05) is 0 Å². The van der Waals surface area contributed by atoms with Gasteiger partial charge in [0.25, 0.3) is 0 Å². The second-order valence-electron chi connectivity index (χ2n) is 4.41. The fourth-order valence-corrected chi connectivity index (χ4v) is 2.36. The van der Waals surface area contributed by atoms with Crippen LogP contribution < -0.4 is 5.32 Å². The summed E-state index contributed by atoms with van der Waals surface area (Å²) in [7, 11) is 0. The third-order valence-electron chi connectivity index (χ3n) is 2.79. The molecular formula is C13H21NO2S. The van der Waals surface area contributed by atoms with Crippen molar-refractivity contribution in [2.75, 3.05) is 13.1 Å². The number of thiophene rings is 1. The third kappa shape index (κ3) is 7.13. The number of carboxylic acids is 1. The summed E-state index contributed by atoms with van der Waals surface area (Å²) in [6.45, 7) is 4.10. The fraction of sp³-hybridized carbons (Fsp3) is 0.615. The van der Waals surface area contributed by atoms with Crippen molar-refractivity contribution in [2.45, 2.75) is 32.6 Å². The molecular weight excluding hydrogens is 234 g/mol.